The van der Waals surface area contributed by atoms with Gasteiger partial charge in [-0.15, -0.1) is 46.7 Å². The number of Topliss-reactive ketones (excluding diaryl/α,β-unsaturated/α-hetero) is 2. The van der Waals surface area contributed by atoms with Crippen molar-refractivity contribution in [2.45, 2.75) is 232 Å². The minimum Gasteiger partial charge on any atom is -0.506 e. The number of benzene rings is 7. The first-order valence-corrected chi connectivity index (χ1v) is 47.9. The first-order valence-electron chi connectivity index (χ1n) is 41.0. The minimum absolute atomic E-state index is 0.0409. The molecule has 13 rings (SSSR count). The van der Waals surface area contributed by atoms with E-state index >= 15 is 9.59 Å². The van der Waals surface area contributed by atoms with Crippen LogP contribution in [0, 0.1) is 25.7 Å². The number of carbonyl (C=O) groups excluding carboxylic acids is 5. The molecule has 35 heteroatoms. The fourth-order valence-electron chi connectivity index (χ4n) is 16.1. The van der Waals surface area contributed by atoms with E-state index in [4.69, 9.17) is 103 Å². The molecule has 28 nitrogen and oxygen atoms in total. The zero-order valence-electron chi connectivity index (χ0n) is 70.0. The number of rotatable bonds is 36. The molecule has 674 valence electrons. The highest BCUT2D eigenvalue weighted by molar-refractivity contribution is 14.1. The highest BCUT2D eigenvalue weighted by atomic mass is 127. The van der Waals surface area contributed by atoms with E-state index in [-0.39, 0.29) is 58.5 Å². The largest absolute Gasteiger partial charge is 0.506 e. The number of halogens is 3. The second kappa shape index (κ2) is 42.3. The smallest absolute Gasteiger partial charge is 0.321 e. The van der Waals surface area contributed by atoms with E-state index in [9.17, 15) is 41.4 Å². The molecule has 0 radical (unpaired) electrons. The van der Waals surface area contributed by atoms with Crippen LogP contribution in [0.4, 0.5) is 0 Å². The number of hydrogen-bond acceptors (Lipinski definition) is 30. The van der Waals surface area contributed by atoms with Crippen LogP contribution in [0.3, 0.4) is 0 Å². The molecule has 125 heavy (non-hydrogen) atoms. The molecule has 1 saturated carbocycles. The van der Waals surface area contributed by atoms with Gasteiger partial charge in [0.25, 0.3) is 20.2 Å². The van der Waals surface area contributed by atoms with Gasteiger partial charge in [-0.05, 0) is 138 Å². The number of ketones is 2. The monoisotopic (exact) mass is 1950 g/mol. The van der Waals surface area contributed by atoms with Crippen molar-refractivity contribution in [2.75, 3.05) is 45.5 Å². The number of fused-ring (bicyclic) bond motifs is 2. The summed E-state index contributed by atoms with van der Waals surface area (Å²) in [7, 11) is -8.31. The number of aromatic hydroxyl groups is 1. The lowest BCUT2D eigenvalue weighted by Crippen LogP contribution is -2.68. The van der Waals surface area contributed by atoms with E-state index < -0.39 is 210 Å². The highest BCUT2D eigenvalue weighted by Crippen LogP contribution is 2.51. The molecule has 2 aliphatic carbocycles. The Hall–Kier alpha value is -6.92. The van der Waals surface area contributed by atoms with Gasteiger partial charge in [0.2, 0.25) is 0 Å². The molecule has 6 aliphatic rings. The van der Waals surface area contributed by atoms with Gasteiger partial charge >= 0.3 is 17.9 Å². The summed E-state index contributed by atoms with van der Waals surface area (Å²) in [6, 6.07) is 42.9. The van der Waals surface area contributed by atoms with Gasteiger partial charge < -0.3 is 81.3 Å². The van der Waals surface area contributed by atoms with Gasteiger partial charge in [0.15, 0.2) is 61.3 Å². The van der Waals surface area contributed by atoms with Crippen molar-refractivity contribution in [3.63, 3.8) is 0 Å². The van der Waals surface area contributed by atoms with E-state index in [1.807, 2.05) is 65.9 Å². The quantitative estimate of drug-likeness (QED) is 0.00538. The van der Waals surface area contributed by atoms with Crippen molar-refractivity contribution < 1.29 is 130 Å². The standard InChI is InChI=1S/C90H101Cl2IO28S4/c1-10-11-39-107-58-41-56-40-57-42-63(75(105-9)73(98)74-53(6)120-90(121-74)37-21-22-38-90)76(72(97)70(57)71(96)69(56)64(43-58)108-49-106-46-55-23-15-12-16-24-55)116-86-81(122-59-25-17-13-18-26-59)79(77(114-67(94)44-91)65(112-86)47-109-124(101,102)61-33-29-51(4)30-34-61)117-87-82(123-60-27-19-14-20-28-60)80(118-88-83(93)89(8,100)84(54(7)111-88)119-85(99)50(2)3)78(115-68(95)45-92)66(113-87)48-110-125(103,104)62-35-31-52(5)32-36-62/h10-20,23-36,40-41,43,50,53-54,63,65-66,74-84,86-88,96,100H,21-22,37-39,42,44-49H2,1-9H3/b11-10+/t53-,54+,63?,65-,66-,74+,75+,76+,77-,78-,79+,80+,81-,82-,83+,84+,86+,87+,88+,89+/m1/s1. The van der Waals surface area contributed by atoms with E-state index in [1.54, 1.807) is 151 Å². The normalized spacial score (nSPS) is 28.3. The topological polar surface area (TPSA) is 351 Å². The maximum Gasteiger partial charge on any atom is 0.321 e. The van der Waals surface area contributed by atoms with Crippen LogP contribution < -0.4 is 9.47 Å². The van der Waals surface area contributed by atoms with Gasteiger partial charge in [0.1, 0.15) is 83.9 Å². The van der Waals surface area contributed by atoms with Crippen molar-refractivity contribution in [1.29, 1.82) is 0 Å². The Balaban J connectivity index is 1.00. The molecule has 5 fully saturated rings. The molecule has 1 unspecified atom stereocenters. The Bertz CT molecular complexity index is 5150. The summed E-state index contributed by atoms with van der Waals surface area (Å²) >= 11 is 16.7. The third kappa shape index (κ3) is 22.6. The number of aliphatic hydroxyl groups is 1. The van der Waals surface area contributed by atoms with Crippen molar-refractivity contribution >= 4 is 130 Å². The van der Waals surface area contributed by atoms with Crippen LogP contribution in [0.15, 0.2) is 189 Å². The Labute approximate surface area is 758 Å². The number of methoxy groups -OCH3 is 1. The van der Waals surface area contributed by atoms with Gasteiger partial charge in [-0.1, -0.05) is 151 Å². The van der Waals surface area contributed by atoms with Crippen LogP contribution in [-0.4, -0.2) is 220 Å². The number of aryl methyl sites for hydroxylation is 2. The van der Waals surface area contributed by atoms with Gasteiger partial charge in [-0.25, -0.2) is 0 Å². The van der Waals surface area contributed by atoms with E-state index in [0.717, 1.165) is 41.9 Å². The Kier molecular flexibility index (Phi) is 32.4. The van der Waals surface area contributed by atoms with Crippen LogP contribution in [0.25, 0.3) is 10.8 Å². The summed E-state index contributed by atoms with van der Waals surface area (Å²) in [6.07, 6.45) is -18.8. The summed E-state index contributed by atoms with van der Waals surface area (Å²) in [4.78, 5) is 75.4. The molecule has 20 atom stereocenters. The number of esters is 3. The number of thioether (sulfide) groups is 2. The zero-order chi connectivity index (χ0) is 89.2. The van der Waals surface area contributed by atoms with Crippen molar-refractivity contribution in [1.82, 2.24) is 0 Å². The Morgan fingerprint density at radius 1 is 0.664 bits per heavy atom. The van der Waals surface area contributed by atoms with Gasteiger partial charge in [-0.3, -0.25) is 32.3 Å². The lowest BCUT2D eigenvalue weighted by Gasteiger charge is -2.52. The molecule has 0 aromatic heterocycles. The number of phenolic OH excluding ortho intramolecular Hbond substituents is 1. The molecule has 4 heterocycles. The SMILES string of the molecule is C/C=C/COc1cc(OCOCc2ccccc2)c2c(O)c3c(cc2c1)CC([C@H](OC)C(=O)[C@H]1OC2(CCCC2)O[C@@H]1C)[C@H](O[C@@H]1O[C@H](COS(=O)(=O)c2ccc(C)cc2)[C@@H](OC(=O)CCl)[C@H](O[C@@H]2O[C@H](COS(=O)(=O)c4ccc(C)cc4)[C@@H](OC(=O)CCl)[C@H](O[C@@H]4O[C@@H](C)[C@H](OC(=O)C(C)C)[C@@](C)(O)[C@H]4I)[C@H]2Sc2ccccc2)[C@H]1Sc1ccccc1)C3=O. The van der Waals surface area contributed by atoms with E-state index in [1.165, 1.54) is 38.3 Å². The number of alkyl halides is 3. The molecule has 4 aliphatic heterocycles. The number of carbonyl (C=O) groups is 5. The molecule has 4 saturated heterocycles. The van der Waals surface area contributed by atoms with E-state index in [2.05, 4.69) is 0 Å². The highest BCUT2D eigenvalue weighted by Gasteiger charge is 2.62. The predicted molar refractivity (Wildman–Crippen MR) is 468 cm³/mol. The van der Waals surface area contributed by atoms with Gasteiger partial charge in [-0.2, -0.15) is 16.8 Å². The average molecular weight is 1960 g/mol. The predicted octanol–water partition coefficient (Wildman–Crippen LogP) is 13.6. The third-order valence-electron chi connectivity index (χ3n) is 22.4. The number of ether oxygens (including phenoxy) is 15. The summed E-state index contributed by atoms with van der Waals surface area (Å²) in [5.74, 6) is -9.39. The fraction of sp³-hybridized carbons (Fsp3) is 0.478. The molecular formula is C90H101Cl2IO28S4. The second-order valence-corrected chi connectivity index (χ2v) is 39.4. The number of allylic oxidation sites excluding steroid dienone is 1. The van der Waals surface area contributed by atoms with Crippen LogP contribution in [0.5, 0.6) is 17.2 Å². The Morgan fingerprint density at radius 3 is 1.71 bits per heavy atom. The van der Waals surface area contributed by atoms with Crippen LogP contribution in [0.1, 0.15) is 99.8 Å². The molecule has 7 aromatic rings. The number of hydrogen-bond donors (Lipinski definition) is 2. The van der Waals surface area contributed by atoms with Crippen LogP contribution >= 0.6 is 69.3 Å². The van der Waals surface area contributed by atoms with E-state index in [0.29, 0.717) is 44.9 Å². The molecule has 0 bridgehead atoms. The Morgan fingerprint density at radius 2 is 1.19 bits per heavy atom. The van der Waals surface area contributed by atoms with Crippen LogP contribution in [-0.2, 0) is 122 Å². The lowest BCUT2D eigenvalue weighted by molar-refractivity contribution is -0.333. The minimum atomic E-state index is -4.83. The zero-order valence-corrected chi connectivity index (χ0v) is 76.9. The van der Waals surface area contributed by atoms with Crippen molar-refractivity contribution in [3.05, 3.63) is 198 Å². The summed E-state index contributed by atoms with van der Waals surface area (Å²) in [5, 5.41) is 23.3. The first-order chi connectivity index (χ1) is 59.8. The van der Waals surface area contributed by atoms with Crippen molar-refractivity contribution in [3.8, 4) is 17.2 Å². The van der Waals surface area contributed by atoms with Crippen LogP contribution in [0.2, 0.25) is 0 Å². The average Bonchev–Trinajstić information content (AvgIpc) is 1.17. The summed E-state index contributed by atoms with van der Waals surface area (Å²) in [5.41, 5.74) is 0.222. The maximum absolute atomic E-state index is 16.9. The molecule has 0 amide bonds. The second-order valence-electron chi connectivity index (χ2n) is 31.8. The van der Waals surface area contributed by atoms with Gasteiger partial charge in [0, 0.05) is 41.7 Å². The first kappa shape index (κ1) is 95.7. The maximum atomic E-state index is 16.9. The van der Waals surface area contributed by atoms with Gasteiger partial charge in [0.05, 0.1) is 73.1 Å². The lowest BCUT2D eigenvalue weighted by atomic mass is 9.75. The summed E-state index contributed by atoms with van der Waals surface area (Å²) in [6.45, 7) is 11.2. The molecule has 2 N–H and O–H groups in total. The summed E-state index contributed by atoms with van der Waals surface area (Å²) < 4.78 is 170. The fourth-order valence-corrected chi connectivity index (χ4v) is 21.2. The molecule has 1 spiro atoms. The molecule has 7 aromatic carbocycles. The number of phenols is 1. The van der Waals surface area contributed by atoms with Crippen molar-refractivity contribution in [2.24, 2.45) is 11.8 Å². The molecular weight excluding hydrogens is 1860 g/mol. The third-order valence-corrected chi connectivity index (χ3v) is 29.9.